The standard InChI is InChI=1S/C21H29N3O6S2/c1-16-6-8-18(9-7-16)24(31(5,26)27)17(2)21(25)22-14-15-30-19-10-12-20(13-11-19)32(28,29)23(3)4/h6-13,17H,14-15H2,1-5H3,(H,22,25)/t17-/m1/s1. The summed E-state index contributed by atoms with van der Waals surface area (Å²) in [4.78, 5) is 12.7. The molecule has 0 unspecified atom stereocenters. The fourth-order valence-corrected chi connectivity index (χ4v) is 4.99. The summed E-state index contributed by atoms with van der Waals surface area (Å²) in [6.07, 6.45) is 1.06. The van der Waals surface area contributed by atoms with Gasteiger partial charge in [-0.25, -0.2) is 21.1 Å². The normalized spacial score (nSPS) is 12.9. The molecule has 0 bridgehead atoms. The molecule has 1 N–H and O–H groups in total. The van der Waals surface area contributed by atoms with Gasteiger partial charge >= 0.3 is 0 Å². The van der Waals surface area contributed by atoms with Crippen LogP contribution in [0.4, 0.5) is 5.69 Å². The van der Waals surface area contributed by atoms with E-state index in [-0.39, 0.29) is 18.0 Å². The molecule has 2 aromatic carbocycles. The Balaban J connectivity index is 1.95. The molecule has 0 radical (unpaired) electrons. The van der Waals surface area contributed by atoms with Crippen molar-refractivity contribution in [2.75, 3.05) is 37.8 Å². The summed E-state index contributed by atoms with van der Waals surface area (Å²) in [5, 5.41) is 2.66. The summed E-state index contributed by atoms with van der Waals surface area (Å²) in [7, 11) is -4.30. The number of ether oxygens (including phenoxy) is 1. The van der Waals surface area contributed by atoms with E-state index in [1.54, 1.807) is 24.3 Å². The molecule has 0 saturated carbocycles. The van der Waals surface area contributed by atoms with Crippen molar-refractivity contribution in [3.05, 3.63) is 54.1 Å². The molecular formula is C21H29N3O6S2. The lowest BCUT2D eigenvalue weighted by Crippen LogP contribution is -2.48. The van der Waals surface area contributed by atoms with Crippen LogP contribution in [0.15, 0.2) is 53.4 Å². The van der Waals surface area contributed by atoms with Crippen molar-refractivity contribution in [1.82, 2.24) is 9.62 Å². The van der Waals surface area contributed by atoms with Gasteiger partial charge < -0.3 is 10.1 Å². The summed E-state index contributed by atoms with van der Waals surface area (Å²) >= 11 is 0. The molecule has 32 heavy (non-hydrogen) atoms. The summed E-state index contributed by atoms with van der Waals surface area (Å²) in [6, 6.07) is 11.9. The van der Waals surface area contributed by atoms with Crippen LogP contribution in [0.25, 0.3) is 0 Å². The topological polar surface area (TPSA) is 113 Å². The Hall–Kier alpha value is -2.63. The molecule has 0 aromatic heterocycles. The van der Waals surface area contributed by atoms with Crippen LogP contribution >= 0.6 is 0 Å². The van der Waals surface area contributed by atoms with Crippen LogP contribution in [0.3, 0.4) is 0 Å². The number of hydrogen-bond donors (Lipinski definition) is 1. The minimum Gasteiger partial charge on any atom is -0.492 e. The number of rotatable bonds is 10. The fourth-order valence-electron chi connectivity index (χ4n) is 2.91. The highest BCUT2D eigenvalue weighted by Gasteiger charge is 2.28. The molecule has 0 heterocycles. The average molecular weight is 484 g/mol. The fraction of sp³-hybridized carbons (Fsp3) is 0.381. The van der Waals surface area contributed by atoms with Crippen molar-refractivity contribution in [3.8, 4) is 5.75 Å². The van der Waals surface area contributed by atoms with Gasteiger partial charge in [0.1, 0.15) is 18.4 Å². The zero-order valence-corrected chi connectivity index (χ0v) is 20.4. The van der Waals surface area contributed by atoms with Gasteiger partial charge in [-0.1, -0.05) is 17.7 Å². The number of nitrogens with one attached hydrogen (secondary N) is 1. The van der Waals surface area contributed by atoms with Crippen LogP contribution in [-0.4, -0.2) is 66.6 Å². The molecule has 0 aliphatic heterocycles. The molecule has 9 nitrogen and oxygen atoms in total. The lowest BCUT2D eigenvalue weighted by molar-refractivity contribution is -0.121. The van der Waals surface area contributed by atoms with E-state index >= 15 is 0 Å². The van der Waals surface area contributed by atoms with Gasteiger partial charge in [0, 0.05) is 14.1 Å². The second-order valence-corrected chi connectivity index (χ2v) is 11.5. The molecule has 1 amide bonds. The molecule has 0 fully saturated rings. The van der Waals surface area contributed by atoms with Gasteiger partial charge in [-0.2, -0.15) is 0 Å². The number of nitrogens with zero attached hydrogens (tertiary/aromatic N) is 2. The highest BCUT2D eigenvalue weighted by atomic mass is 32.2. The van der Waals surface area contributed by atoms with Crippen molar-refractivity contribution in [3.63, 3.8) is 0 Å². The van der Waals surface area contributed by atoms with Crippen molar-refractivity contribution >= 4 is 31.6 Å². The Morgan fingerprint density at radius 2 is 1.56 bits per heavy atom. The largest absolute Gasteiger partial charge is 0.492 e. The number of hydrogen-bond acceptors (Lipinski definition) is 6. The SMILES string of the molecule is Cc1ccc(N([C@H](C)C(=O)NCCOc2ccc(S(=O)(=O)N(C)C)cc2)S(C)(=O)=O)cc1. The molecule has 0 saturated heterocycles. The third-order valence-corrected chi connectivity index (χ3v) is 7.72. The first-order valence-corrected chi connectivity index (χ1v) is 13.1. The zero-order valence-electron chi connectivity index (χ0n) is 18.8. The smallest absolute Gasteiger partial charge is 0.243 e. The Bertz CT molecular complexity index is 1130. The molecule has 0 aliphatic carbocycles. The maximum atomic E-state index is 12.6. The number of carbonyl (C=O) groups is 1. The molecule has 2 rings (SSSR count). The molecule has 2 aromatic rings. The molecule has 0 spiro atoms. The number of carbonyl (C=O) groups excluding carboxylic acids is 1. The van der Waals surface area contributed by atoms with Gasteiger partial charge in [-0.15, -0.1) is 0 Å². The first kappa shape index (κ1) is 25.6. The maximum Gasteiger partial charge on any atom is 0.243 e. The number of anilines is 1. The third-order valence-electron chi connectivity index (χ3n) is 4.65. The lowest BCUT2D eigenvalue weighted by atomic mass is 10.2. The molecule has 1 atom stereocenters. The van der Waals surface area contributed by atoms with Gasteiger partial charge in [0.2, 0.25) is 26.0 Å². The van der Waals surface area contributed by atoms with Crippen LogP contribution in [-0.2, 0) is 24.8 Å². The monoisotopic (exact) mass is 483 g/mol. The first-order chi connectivity index (χ1) is 14.8. The van der Waals surface area contributed by atoms with Crippen LogP contribution in [0.1, 0.15) is 12.5 Å². The maximum absolute atomic E-state index is 12.6. The first-order valence-electron chi connectivity index (χ1n) is 9.83. The van der Waals surface area contributed by atoms with Gasteiger partial charge in [0.25, 0.3) is 0 Å². The van der Waals surface area contributed by atoms with Crippen molar-refractivity contribution in [2.45, 2.75) is 24.8 Å². The Morgan fingerprint density at radius 1 is 1.00 bits per heavy atom. The highest BCUT2D eigenvalue weighted by molar-refractivity contribution is 7.92. The van der Waals surface area contributed by atoms with Crippen LogP contribution in [0, 0.1) is 6.92 Å². The van der Waals surface area contributed by atoms with Crippen LogP contribution in [0.5, 0.6) is 5.75 Å². The van der Waals surface area contributed by atoms with Crippen LogP contribution < -0.4 is 14.4 Å². The zero-order chi connectivity index (χ0) is 24.1. The van der Waals surface area contributed by atoms with Gasteiger partial charge in [0.05, 0.1) is 23.4 Å². The summed E-state index contributed by atoms with van der Waals surface area (Å²) in [6.45, 7) is 3.68. The minimum atomic E-state index is -3.68. The number of aryl methyl sites for hydroxylation is 1. The molecular weight excluding hydrogens is 454 g/mol. The summed E-state index contributed by atoms with van der Waals surface area (Å²) in [5.41, 5.74) is 1.38. The highest BCUT2D eigenvalue weighted by Crippen LogP contribution is 2.21. The van der Waals surface area contributed by atoms with E-state index < -0.39 is 32.0 Å². The second-order valence-electron chi connectivity index (χ2n) is 7.47. The third kappa shape index (κ3) is 6.44. The Kier molecular flexibility index (Phi) is 8.27. The molecule has 176 valence electrons. The molecule has 11 heteroatoms. The Morgan fingerprint density at radius 3 is 2.06 bits per heavy atom. The van der Waals surface area contributed by atoms with E-state index in [2.05, 4.69) is 5.32 Å². The number of amides is 1. The minimum absolute atomic E-state index is 0.127. The van der Waals surface area contributed by atoms with E-state index in [1.807, 2.05) is 6.92 Å². The average Bonchev–Trinajstić information content (AvgIpc) is 2.71. The van der Waals surface area contributed by atoms with E-state index in [0.717, 1.165) is 20.4 Å². The number of sulfonamides is 2. The van der Waals surface area contributed by atoms with Crippen molar-refractivity contribution in [2.24, 2.45) is 0 Å². The Labute approximate surface area is 190 Å². The second kappa shape index (κ2) is 10.3. The van der Waals surface area contributed by atoms with Crippen molar-refractivity contribution < 1.29 is 26.4 Å². The summed E-state index contributed by atoms with van der Waals surface area (Å²) < 4.78 is 56.5. The van der Waals surface area contributed by atoms with Gasteiger partial charge in [0.15, 0.2) is 0 Å². The van der Waals surface area contributed by atoms with E-state index in [4.69, 9.17) is 4.74 Å². The number of benzene rings is 2. The van der Waals surface area contributed by atoms with E-state index in [0.29, 0.717) is 11.4 Å². The van der Waals surface area contributed by atoms with Gasteiger partial charge in [-0.05, 0) is 50.2 Å². The van der Waals surface area contributed by atoms with E-state index in [1.165, 1.54) is 45.3 Å². The van der Waals surface area contributed by atoms with E-state index in [9.17, 15) is 21.6 Å². The predicted octanol–water partition coefficient (Wildman–Crippen LogP) is 1.60. The quantitative estimate of drug-likeness (QED) is 0.514. The summed E-state index contributed by atoms with van der Waals surface area (Å²) in [5.74, 6) is -0.0190. The lowest BCUT2D eigenvalue weighted by Gasteiger charge is -2.28. The molecule has 0 aliphatic rings. The predicted molar refractivity (Wildman–Crippen MR) is 124 cm³/mol. The van der Waals surface area contributed by atoms with Crippen molar-refractivity contribution in [1.29, 1.82) is 0 Å². The van der Waals surface area contributed by atoms with Crippen LogP contribution in [0.2, 0.25) is 0 Å². The van der Waals surface area contributed by atoms with Gasteiger partial charge in [-0.3, -0.25) is 9.10 Å².